The summed E-state index contributed by atoms with van der Waals surface area (Å²) < 4.78 is 10.5. The van der Waals surface area contributed by atoms with Gasteiger partial charge in [-0.25, -0.2) is 4.79 Å². The maximum atomic E-state index is 12.0. The Kier molecular flexibility index (Phi) is 7.38. The monoisotopic (exact) mass is 400 g/mol. The summed E-state index contributed by atoms with van der Waals surface area (Å²) >= 11 is 0. The van der Waals surface area contributed by atoms with E-state index in [1.54, 1.807) is 7.11 Å². The minimum absolute atomic E-state index is 0.00116. The van der Waals surface area contributed by atoms with E-state index in [2.05, 4.69) is 5.32 Å². The van der Waals surface area contributed by atoms with Crippen molar-refractivity contribution < 1.29 is 19.4 Å². The average Bonchev–Trinajstić information content (AvgIpc) is 2.64. The van der Waals surface area contributed by atoms with Gasteiger partial charge in [0.2, 0.25) is 0 Å². The van der Waals surface area contributed by atoms with Crippen molar-refractivity contribution >= 4 is 23.1 Å². The minimum atomic E-state index is -0.548. The van der Waals surface area contributed by atoms with Gasteiger partial charge in [0.1, 0.15) is 5.60 Å². The van der Waals surface area contributed by atoms with E-state index >= 15 is 0 Å². The molecule has 1 aromatic heterocycles. The summed E-state index contributed by atoms with van der Waals surface area (Å²) in [4.78, 5) is 16.7. The number of amides is 1. The Bertz CT molecular complexity index is 873. The molecule has 0 spiro atoms. The van der Waals surface area contributed by atoms with Gasteiger partial charge < -0.3 is 19.9 Å². The zero-order valence-corrected chi connectivity index (χ0v) is 18.2. The van der Waals surface area contributed by atoms with Gasteiger partial charge in [-0.2, -0.15) is 0 Å². The number of hydrogen-bond donors (Lipinski definition) is 2. The molecule has 0 aliphatic heterocycles. The lowest BCUT2D eigenvalue weighted by molar-refractivity contribution is 0.0507. The third-order valence-electron chi connectivity index (χ3n) is 4.43. The largest absolute Gasteiger partial charge is 0.444 e. The van der Waals surface area contributed by atoms with Crippen LogP contribution in [0.5, 0.6) is 0 Å². The number of pyridine rings is 1. The van der Waals surface area contributed by atoms with E-state index in [9.17, 15) is 9.90 Å². The van der Waals surface area contributed by atoms with Gasteiger partial charge in [-0.3, -0.25) is 4.98 Å². The number of nitrogens with zero attached hydrogens (tertiary/aromatic N) is 1. The van der Waals surface area contributed by atoms with Crippen molar-refractivity contribution in [2.75, 3.05) is 20.3 Å². The first-order chi connectivity index (χ1) is 13.5. The van der Waals surface area contributed by atoms with E-state index in [-0.39, 0.29) is 12.6 Å². The summed E-state index contributed by atoms with van der Waals surface area (Å²) in [7, 11) is 1.62. The Morgan fingerprint density at radius 1 is 1.24 bits per heavy atom. The second-order valence-corrected chi connectivity index (χ2v) is 8.63. The second-order valence-electron chi connectivity index (χ2n) is 8.63. The fourth-order valence-electron chi connectivity index (χ4n) is 2.83. The Balaban J connectivity index is 2.21. The zero-order chi connectivity index (χ0) is 21.7. The van der Waals surface area contributed by atoms with Crippen LogP contribution in [-0.4, -0.2) is 42.1 Å². The highest BCUT2D eigenvalue weighted by molar-refractivity contribution is 5.81. The third kappa shape index (κ3) is 6.84. The molecule has 158 valence electrons. The number of aliphatic hydroxyl groups excluding tert-OH is 1. The Morgan fingerprint density at radius 3 is 2.55 bits per heavy atom. The van der Waals surface area contributed by atoms with Crippen LogP contribution in [-0.2, 0) is 9.47 Å². The van der Waals surface area contributed by atoms with Gasteiger partial charge in [0, 0.05) is 17.9 Å². The highest BCUT2D eigenvalue weighted by Crippen LogP contribution is 2.22. The van der Waals surface area contributed by atoms with Gasteiger partial charge in [-0.15, -0.1) is 0 Å². The normalized spacial score (nSPS) is 15.3. The number of alkyl carbamates (subject to hydrolysis) is 1. The maximum Gasteiger partial charge on any atom is 0.408 e. The van der Waals surface area contributed by atoms with Crippen LogP contribution in [0.3, 0.4) is 0 Å². The highest BCUT2D eigenvalue weighted by Gasteiger charge is 2.20. The molecule has 1 amide bonds. The Labute approximate surface area is 172 Å². The van der Waals surface area contributed by atoms with Crippen LogP contribution in [0, 0.1) is 5.41 Å². The van der Waals surface area contributed by atoms with Crippen molar-refractivity contribution in [3.8, 4) is 0 Å². The van der Waals surface area contributed by atoms with Crippen LogP contribution in [0.25, 0.3) is 17.0 Å². The van der Waals surface area contributed by atoms with Crippen LogP contribution < -0.4 is 5.32 Å². The number of fused-ring (bicyclic) bond motifs is 1. The van der Waals surface area contributed by atoms with E-state index in [0.717, 1.165) is 22.2 Å². The molecule has 0 fully saturated rings. The van der Waals surface area contributed by atoms with Gasteiger partial charge in [-0.1, -0.05) is 37.3 Å². The average molecular weight is 401 g/mol. The van der Waals surface area contributed by atoms with E-state index in [0.29, 0.717) is 6.61 Å². The highest BCUT2D eigenvalue weighted by atomic mass is 16.6. The molecule has 2 aromatic rings. The van der Waals surface area contributed by atoms with Gasteiger partial charge in [0.25, 0.3) is 0 Å². The Hall–Kier alpha value is -2.44. The summed E-state index contributed by atoms with van der Waals surface area (Å²) in [6.45, 7) is 9.73. The molecule has 1 unspecified atom stereocenters. The summed E-state index contributed by atoms with van der Waals surface area (Å²) in [5, 5.41) is 13.4. The zero-order valence-electron chi connectivity index (χ0n) is 18.2. The predicted molar refractivity (Wildman–Crippen MR) is 116 cm³/mol. The molecule has 29 heavy (non-hydrogen) atoms. The standard InChI is InChI=1S/C23H32N2O4/c1-16(24-21(27)29-22(2,3)4)19-10-9-18-8-7-17(13-20(18)25-19)11-12-23(5,14-26)15-28-6/h7-13,16,26H,14-15H2,1-6H3,(H,24,27)/b12-11+/t16-,23?/m1/s1. The third-order valence-corrected chi connectivity index (χ3v) is 4.43. The second kappa shape index (κ2) is 9.37. The molecule has 1 aromatic carbocycles. The molecule has 2 atom stereocenters. The lowest BCUT2D eigenvalue weighted by Crippen LogP contribution is -2.34. The number of aliphatic hydroxyl groups is 1. The number of carbonyl (C=O) groups excluding carboxylic acids is 1. The maximum absolute atomic E-state index is 12.0. The molecule has 0 radical (unpaired) electrons. The van der Waals surface area contributed by atoms with Crippen LogP contribution in [0.15, 0.2) is 36.4 Å². The van der Waals surface area contributed by atoms with Crippen LogP contribution >= 0.6 is 0 Å². The molecule has 1 heterocycles. The van der Waals surface area contributed by atoms with E-state index in [1.807, 2.05) is 77.1 Å². The number of ether oxygens (including phenoxy) is 2. The van der Waals surface area contributed by atoms with Crippen LogP contribution in [0.2, 0.25) is 0 Å². The van der Waals surface area contributed by atoms with Crippen molar-refractivity contribution in [1.82, 2.24) is 10.3 Å². The number of aromatic nitrogens is 1. The van der Waals surface area contributed by atoms with Gasteiger partial charge in [-0.05, 0) is 45.4 Å². The first kappa shape index (κ1) is 22.8. The molecule has 0 saturated carbocycles. The first-order valence-electron chi connectivity index (χ1n) is 9.74. The lowest BCUT2D eigenvalue weighted by Gasteiger charge is -2.22. The van der Waals surface area contributed by atoms with E-state index < -0.39 is 17.1 Å². The van der Waals surface area contributed by atoms with Gasteiger partial charge >= 0.3 is 6.09 Å². The number of carbonyl (C=O) groups is 1. The van der Waals surface area contributed by atoms with Crippen molar-refractivity contribution in [2.24, 2.45) is 5.41 Å². The summed E-state index contributed by atoms with van der Waals surface area (Å²) in [6, 6.07) is 9.60. The summed E-state index contributed by atoms with van der Waals surface area (Å²) in [5.41, 5.74) is 1.58. The van der Waals surface area contributed by atoms with Crippen molar-refractivity contribution in [3.05, 3.63) is 47.7 Å². The molecule has 0 bridgehead atoms. The number of hydrogen-bond acceptors (Lipinski definition) is 5. The SMILES string of the molecule is COCC(C)(/C=C/c1ccc2ccc([C@@H](C)NC(=O)OC(C)(C)C)nc2c1)CO. The summed E-state index contributed by atoms with van der Waals surface area (Å²) in [6.07, 6.45) is 3.45. The van der Waals surface area contributed by atoms with Crippen molar-refractivity contribution in [3.63, 3.8) is 0 Å². The molecule has 2 N–H and O–H groups in total. The van der Waals surface area contributed by atoms with Crippen molar-refractivity contribution in [2.45, 2.75) is 46.3 Å². The minimum Gasteiger partial charge on any atom is -0.444 e. The molecule has 0 saturated heterocycles. The van der Waals surface area contributed by atoms with E-state index in [4.69, 9.17) is 14.5 Å². The molecule has 6 nitrogen and oxygen atoms in total. The smallest absolute Gasteiger partial charge is 0.408 e. The molecule has 0 aliphatic rings. The quantitative estimate of drug-likeness (QED) is 0.716. The number of benzene rings is 1. The fraction of sp³-hybridized carbons (Fsp3) is 0.478. The van der Waals surface area contributed by atoms with Crippen LogP contribution in [0.1, 0.15) is 51.9 Å². The van der Waals surface area contributed by atoms with Crippen molar-refractivity contribution in [1.29, 1.82) is 0 Å². The molecular formula is C23H32N2O4. The molecular weight excluding hydrogens is 368 g/mol. The topological polar surface area (TPSA) is 80.7 Å². The van der Waals surface area contributed by atoms with E-state index in [1.165, 1.54) is 0 Å². The number of nitrogens with one attached hydrogen (secondary N) is 1. The molecule has 0 aliphatic carbocycles. The molecule has 6 heteroatoms. The summed E-state index contributed by atoms with van der Waals surface area (Å²) in [5.74, 6) is 0. The van der Waals surface area contributed by atoms with Gasteiger partial charge in [0.15, 0.2) is 0 Å². The lowest BCUT2D eigenvalue weighted by atomic mass is 9.91. The number of rotatable bonds is 7. The fourth-order valence-corrected chi connectivity index (χ4v) is 2.83. The predicted octanol–water partition coefficient (Wildman–Crippen LogP) is 4.48. The van der Waals surface area contributed by atoms with Crippen LogP contribution in [0.4, 0.5) is 4.79 Å². The Morgan fingerprint density at radius 2 is 1.93 bits per heavy atom. The molecule has 2 rings (SSSR count). The van der Waals surface area contributed by atoms with Gasteiger partial charge in [0.05, 0.1) is 30.5 Å². The first-order valence-corrected chi connectivity index (χ1v) is 9.74. The number of methoxy groups -OCH3 is 1.